The number of hydrogen-bond donors (Lipinski definition) is 2. The van der Waals surface area contributed by atoms with Crippen molar-refractivity contribution in [3.8, 4) is 0 Å². The van der Waals surface area contributed by atoms with Crippen LogP contribution < -0.4 is 10.6 Å². The molecule has 1 aromatic heterocycles. The maximum absolute atomic E-state index is 5.39. The van der Waals surface area contributed by atoms with Crippen molar-refractivity contribution in [3.63, 3.8) is 0 Å². The third-order valence-corrected chi connectivity index (χ3v) is 4.65. The number of aromatic nitrogens is 3. The summed E-state index contributed by atoms with van der Waals surface area (Å²) in [4.78, 5) is 11.7. The highest BCUT2D eigenvalue weighted by molar-refractivity contribution is 5.80. The zero-order chi connectivity index (χ0) is 18.2. The number of methoxy groups -OCH3 is 1. The van der Waals surface area contributed by atoms with Crippen molar-refractivity contribution in [3.05, 3.63) is 11.6 Å². The highest BCUT2D eigenvalue weighted by atomic mass is 16.5. The second-order valence-corrected chi connectivity index (χ2v) is 6.65. The molecule has 0 aromatic carbocycles. The normalized spacial score (nSPS) is 21.5. The van der Waals surface area contributed by atoms with Gasteiger partial charge in [-0.1, -0.05) is 0 Å². The molecule has 0 radical (unpaired) electrons. The van der Waals surface area contributed by atoms with Crippen LogP contribution in [0.4, 0.5) is 0 Å². The number of guanidine groups is 1. The first-order chi connectivity index (χ1) is 12.8. The van der Waals surface area contributed by atoms with E-state index in [2.05, 4.69) is 32.5 Å². The van der Waals surface area contributed by atoms with E-state index in [9.17, 15) is 0 Å². The Morgan fingerprint density at radius 3 is 3.00 bits per heavy atom. The molecule has 0 amide bonds. The van der Waals surface area contributed by atoms with Crippen LogP contribution in [0.25, 0.3) is 0 Å². The van der Waals surface area contributed by atoms with E-state index in [0.29, 0.717) is 12.6 Å². The van der Waals surface area contributed by atoms with Crippen LogP contribution in [0, 0.1) is 0 Å². The Hall–Kier alpha value is -1.71. The van der Waals surface area contributed by atoms with Gasteiger partial charge in [0.2, 0.25) is 0 Å². The third kappa shape index (κ3) is 5.39. The molecule has 0 saturated carbocycles. The van der Waals surface area contributed by atoms with Gasteiger partial charge in [0, 0.05) is 45.8 Å². The first-order valence-electron chi connectivity index (χ1n) is 9.55. The van der Waals surface area contributed by atoms with Crippen LogP contribution in [0.1, 0.15) is 25.0 Å². The van der Waals surface area contributed by atoms with Crippen molar-refractivity contribution in [2.75, 3.05) is 53.0 Å². The summed E-state index contributed by atoms with van der Waals surface area (Å²) in [6, 6.07) is 0.306. The van der Waals surface area contributed by atoms with E-state index in [1.165, 1.54) is 0 Å². The van der Waals surface area contributed by atoms with Crippen molar-refractivity contribution >= 4 is 5.96 Å². The molecule has 0 spiro atoms. The minimum atomic E-state index is 0.306. The molecule has 1 aromatic rings. The average molecular weight is 365 g/mol. The number of nitrogens with one attached hydrogen (secondary N) is 2. The molecule has 2 aliphatic rings. The van der Waals surface area contributed by atoms with E-state index in [4.69, 9.17) is 14.5 Å². The van der Waals surface area contributed by atoms with Crippen LogP contribution in [0.5, 0.6) is 0 Å². The molecular weight excluding hydrogens is 334 g/mol. The highest BCUT2D eigenvalue weighted by Crippen LogP contribution is 2.13. The van der Waals surface area contributed by atoms with Gasteiger partial charge in [0.15, 0.2) is 11.8 Å². The summed E-state index contributed by atoms with van der Waals surface area (Å²) in [5.41, 5.74) is 0. The molecule has 9 nitrogen and oxygen atoms in total. The maximum atomic E-state index is 5.39. The molecule has 0 bridgehead atoms. The van der Waals surface area contributed by atoms with Crippen LogP contribution in [0.15, 0.2) is 4.99 Å². The summed E-state index contributed by atoms with van der Waals surface area (Å²) in [6.07, 6.45) is 1.94. The van der Waals surface area contributed by atoms with Gasteiger partial charge in [-0.05, 0) is 13.3 Å². The lowest BCUT2D eigenvalue weighted by Crippen LogP contribution is -2.47. The van der Waals surface area contributed by atoms with Crippen LogP contribution in [-0.4, -0.2) is 84.7 Å². The smallest absolute Gasteiger partial charge is 0.191 e. The lowest BCUT2D eigenvalue weighted by Gasteiger charge is -2.27. The van der Waals surface area contributed by atoms with E-state index in [0.717, 1.165) is 82.9 Å². The predicted molar refractivity (Wildman–Crippen MR) is 99.2 cm³/mol. The van der Waals surface area contributed by atoms with Crippen molar-refractivity contribution in [2.24, 2.45) is 4.99 Å². The number of nitrogens with zero attached hydrogens (tertiary/aromatic N) is 5. The summed E-state index contributed by atoms with van der Waals surface area (Å²) >= 11 is 0. The molecule has 2 aliphatic heterocycles. The zero-order valence-electron chi connectivity index (χ0n) is 15.9. The molecule has 1 fully saturated rings. The van der Waals surface area contributed by atoms with Crippen LogP contribution in [-0.2, 0) is 29.0 Å². The van der Waals surface area contributed by atoms with Crippen LogP contribution >= 0.6 is 0 Å². The van der Waals surface area contributed by atoms with Crippen LogP contribution in [0.3, 0.4) is 0 Å². The second kappa shape index (κ2) is 9.84. The van der Waals surface area contributed by atoms with Gasteiger partial charge in [0.25, 0.3) is 0 Å². The Morgan fingerprint density at radius 1 is 1.38 bits per heavy atom. The van der Waals surface area contributed by atoms with E-state index in [1.54, 1.807) is 7.11 Å². The molecule has 3 rings (SSSR count). The summed E-state index contributed by atoms with van der Waals surface area (Å²) in [5.74, 6) is 2.69. The zero-order valence-corrected chi connectivity index (χ0v) is 15.9. The lowest BCUT2D eigenvalue weighted by molar-refractivity contribution is 0.0394. The molecule has 1 unspecified atom stereocenters. The van der Waals surface area contributed by atoms with Gasteiger partial charge in [-0.3, -0.25) is 9.89 Å². The summed E-state index contributed by atoms with van der Waals surface area (Å²) < 4.78 is 12.5. The predicted octanol–water partition coefficient (Wildman–Crippen LogP) is -0.373. The molecule has 0 aliphatic carbocycles. The van der Waals surface area contributed by atoms with Gasteiger partial charge in [-0.2, -0.15) is 5.10 Å². The van der Waals surface area contributed by atoms with Crippen LogP contribution in [0.2, 0.25) is 0 Å². The van der Waals surface area contributed by atoms with Gasteiger partial charge < -0.3 is 20.1 Å². The van der Waals surface area contributed by atoms with Gasteiger partial charge in [-0.15, -0.1) is 0 Å². The van der Waals surface area contributed by atoms with Crippen molar-refractivity contribution in [2.45, 2.75) is 39.0 Å². The molecule has 3 heterocycles. The van der Waals surface area contributed by atoms with E-state index in [-0.39, 0.29) is 0 Å². The second-order valence-electron chi connectivity index (χ2n) is 6.65. The number of ether oxygens (including phenoxy) is 2. The summed E-state index contributed by atoms with van der Waals surface area (Å²) in [7, 11) is 1.67. The molecule has 26 heavy (non-hydrogen) atoms. The topological polar surface area (TPSA) is 88.8 Å². The van der Waals surface area contributed by atoms with Gasteiger partial charge in [-0.25, -0.2) is 9.67 Å². The van der Waals surface area contributed by atoms with E-state index < -0.39 is 0 Å². The number of fused-ring (bicyclic) bond motifs is 1. The minimum absolute atomic E-state index is 0.306. The Kier molecular flexibility index (Phi) is 7.22. The average Bonchev–Trinajstić information content (AvgIpc) is 3.05. The maximum Gasteiger partial charge on any atom is 0.191 e. The van der Waals surface area contributed by atoms with E-state index in [1.807, 2.05) is 4.68 Å². The van der Waals surface area contributed by atoms with Crippen molar-refractivity contribution in [1.82, 2.24) is 30.3 Å². The Morgan fingerprint density at radius 2 is 2.23 bits per heavy atom. The first-order valence-corrected chi connectivity index (χ1v) is 9.55. The SMILES string of the molecule is CCNC(=NCCN1CCOCC1)NC1CCc2nc(COC)nn2C1. The fourth-order valence-corrected chi connectivity index (χ4v) is 3.31. The first kappa shape index (κ1) is 19.1. The monoisotopic (exact) mass is 365 g/mol. The Balaban J connectivity index is 1.51. The summed E-state index contributed by atoms with van der Waals surface area (Å²) in [6.45, 7) is 9.62. The molecular formula is C17H31N7O2. The largest absolute Gasteiger partial charge is 0.379 e. The van der Waals surface area contributed by atoms with Crippen molar-refractivity contribution < 1.29 is 9.47 Å². The highest BCUT2D eigenvalue weighted by Gasteiger charge is 2.22. The number of morpholine rings is 1. The quantitative estimate of drug-likeness (QED) is 0.503. The minimum Gasteiger partial charge on any atom is -0.379 e. The molecule has 9 heteroatoms. The van der Waals surface area contributed by atoms with Gasteiger partial charge in [0.1, 0.15) is 12.4 Å². The molecule has 1 atom stereocenters. The van der Waals surface area contributed by atoms with E-state index >= 15 is 0 Å². The number of hydrogen-bond acceptors (Lipinski definition) is 6. The van der Waals surface area contributed by atoms with Crippen molar-refractivity contribution in [1.29, 1.82) is 0 Å². The molecule has 146 valence electrons. The number of aliphatic imine (C=N–C) groups is 1. The Labute approximate surface area is 155 Å². The molecule has 2 N–H and O–H groups in total. The van der Waals surface area contributed by atoms with Gasteiger partial charge in [0.05, 0.1) is 26.3 Å². The fourth-order valence-electron chi connectivity index (χ4n) is 3.31. The third-order valence-electron chi connectivity index (χ3n) is 4.65. The number of rotatable bonds is 7. The molecule has 1 saturated heterocycles. The fraction of sp³-hybridized carbons (Fsp3) is 0.824. The lowest BCUT2D eigenvalue weighted by atomic mass is 10.1. The Bertz CT molecular complexity index is 584. The standard InChI is InChI=1S/C17H31N7O2/c1-3-18-17(19-6-7-23-8-10-26-11-9-23)20-14-4-5-16-21-15(13-25-2)22-24(16)12-14/h14H,3-13H2,1-2H3,(H2,18,19,20). The number of aryl methyl sites for hydroxylation is 1. The van der Waals surface area contributed by atoms with Gasteiger partial charge >= 0.3 is 0 Å². The summed E-state index contributed by atoms with van der Waals surface area (Å²) in [5, 5.41) is 11.4.